The van der Waals surface area contributed by atoms with Gasteiger partial charge in [0.1, 0.15) is 0 Å². The number of hydrogen-bond donors (Lipinski definition) is 0. The van der Waals surface area contributed by atoms with Gasteiger partial charge in [0.05, 0.1) is 19.8 Å². The first-order valence-corrected chi connectivity index (χ1v) is 14.1. The third-order valence-corrected chi connectivity index (χ3v) is 9.86. The standard InChI is InChI=1S/C29H27NS3/c1-16(2)12-20-14-17-6-7-21-22-8-10-30-24(27(22)33-28(21)26(17)32-20)19-13-18-9-11-31-25(18)23(15-19)29(3,4)5/h6-11,13-16H,12H2,1-5H3. The van der Waals surface area contributed by atoms with Gasteiger partial charge in [0.25, 0.3) is 0 Å². The molecule has 166 valence electrons. The molecule has 0 unspecified atom stereocenters. The summed E-state index contributed by atoms with van der Waals surface area (Å²) in [6.45, 7) is 11.5. The molecule has 0 saturated carbocycles. The van der Waals surface area contributed by atoms with Gasteiger partial charge in [-0.25, -0.2) is 0 Å². The molecule has 0 spiro atoms. The lowest BCUT2D eigenvalue weighted by atomic mass is 9.85. The fraction of sp³-hybridized carbons (Fsp3) is 0.276. The van der Waals surface area contributed by atoms with Crippen LogP contribution in [-0.2, 0) is 11.8 Å². The Hall–Kier alpha value is -2.27. The number of aromatic nitrogens is 1. The SMILES string of the molecule is CC(C)Cc1cc2ccc3c4ccnc(-c5cc(C(C)(C)C)c6sccc6c5)c4sc3c2s1. The average molecular weight is 486 g/mol. The van der Waals surface area contributed by atoms with Crippen LogP contribution in [0, 0.1) is 5.92 Å². The summed E-state index contributed by atoms with van der Waals surface area (Å²) < 4.78 is 5.53. The summed E-state index contributed by atoms with van der Waals surface area (Å²) in [6, 6.07) is 16.2. The third-order valence-electron chi connectivity index (χ3n) is 6.33. The van der Waals surface area contributed by atoms with Crippen LogP contribution in [0.4, 0.5) is 0 Å². The number of hydrogen-bond acceptors (Lipinski definition) is 4. The van der Waals surface area contributed by atoms with E-state index in [1.165, 1.54) is 56.3 Å². The maximum absolute atomic E-state index is 4.93. The van der Waals surface area contributed by atoms with Crippen molar-refractivity contribution in [1.29, 1.82) is 0 Å². The van der Waals surface area contributed by atoms with Crippen LogP contribution in [-0.4, -0.2) is 4.98 Å². The first kappa shape index (κ1) is 21.3. The molecule has 0 bridgehead atoms. The van der Waals surface area contributed by atoms with Crippen molar-refractivity contribution in [3.63, 3.8) is 0 Å². The summed E-state index contributed by atoms with van der Waals surface area (Å²) in [7, 11) is 0. The van der Waals surface area contributed by atoms with Crippen LogP contribution < -0.4 is 0 Å². The highest BCUT2D eigenvalue weighted by Gasteiger charge is 2.21. The smallest absolute Gasteiger partial charge is 0.0880 e. The molecule has 0 radical (unpaired) electrons. The van der Waals surface area contributed by atoms with Crippen LogP contribution in [0.2, 0.25) is 0 Å². The number of pyridine rings is 1. The number of rotatable bonds is 3. The van der Waals surface area contributed by atoms with Crippen molar-refractivity contribution in [2.24, 2.45) is 5.92 Å². The third kappa shape index (κ3) is 3.51. The highest BCUT2D eigenvalue weighted by molar-refractivity contribution is 7.31. The zero-order chi connectivity index (χ0) is 22.9. The van der Waals surface area contributed by atoms with E-state index in [1.54, 1.807) is 0 Å². The molecule has 33 heavy (non-hydrogen) atoms. The van der Waals surface area contributed by atoms with Crippen molar-refractivity contribution in [3.8, 4) is 11.3 Å². The van der Waals surface area contributed by atoms with Crippen molar-refractivity contribution < 1.29 is 0 Å². The monoisotopic (exact) mass is 485 g/mol. The molecular formula is C29H27NS3. The average Bonchev–Trinajstić information content (AvgIpc) is 3.47. The van der Waals surface area contributed by atoms with Gasteiger partial charge < -0.3 is 0 Å². The number of benzene rings is 2. The van der Waals surface area contributed by atoms with E-state index in [0.717, 1.165) is 12.1 Å². The Morgan fingerprint density at radius 1 is 0.818 bits per heavy atom. The van der Waals surface area contributed by atoms with Gasteiger partial charge in [-0.15, -0.1) is 34.0 Å². The van der Waals surface area contributed by atoms with E-state index in [2.05, 4.69) is 82.5 Å². The van der Waals surface area contributed by atoms with Gasteiger partial charge in [0, 0.05) is 32.1 Å². The molecular weight excluding hydrogens is 459 g/mol. The largest absolute Gasteiger partial charge is 0.255 e. The lowest BCUT2D eigenvalue weighted by Crippen LogP contribution is -2.11. The van der Waals surface area contributed by atoms with Crippen molar-refractivity contribution in [3.05, 3.63) is 64.5 Å². The van der Waals surface area contributed by atoms with E-state index in [9.17, 15) is 0 Å². The van der Waals surface area contributed by atoms with Crippen molar-refractivity contribution >= 4 is 74.4 Å². The zero-order valence-electron chi connectivity index (χ0n) is 19.7. The second-order valence-electron chi connectivity index (χ2n) is 10.4. The van der Waals surface area contributed by atoms with Crippen molar-refractivity contribution in [2.45, 2.75) is 46.5 Å². The molecule has 0 saturated heterocycles. The molecule has 0 aliphatic rings. The molecule has 4 heterocycles. The molecule has 0 N–H and O–H groups in total. The van der Waals surface area contributed by atoms with E-state index in [0.29, 0.717) is 5.92 Å². The minimum absolute atomic E-state index is 0.0864. The van der Waals surface area contributed by atoms with Crippen molar-refractivity contribution in [2.75, 3.05) is 0 Å². The van der Waals surface area contributed by atoms with E-state index >= 15 is 0 Å². The Kier molecular flexibility index (Phi) is 4.92. The molecule has 4 aromatic heterocycles. The first-order valence-electron chi connectivity index (χ1n) is 11.5. The van der Waals surface area contributed by atoms with Gasteiger partial charge in [0.15, 0.2) is 0 Å². The molecule has 0 amide bonds. The van der Waals surface area contributed by atoms with Crippen LogP contribution in [0.25, 0.3) is 51.6 Å². The Balaban J connectivity index is 1.62. The molecule has 6 aromatic rings. The summed E-state index contributed by atoms with van der Waals surface area (Å²) in [5, 5.41) is 7.58. The second-order valence-corrected chi connectivity index (χ2v) is 13.5. The van der Waals surface area contributed by atoms with E-state index in [4.69, 9.17) is 4.98 Å². The maximum Gasteiger partial charge on any atom is 0.0880 e. The minimum Gasteiger partial charge on any atom is -0.255 e. The molecule has 4 heteroatoms. The highest BCUT2D eigenvalue weighted by Crippen LogP contribution is 2.45. The Bertz CT molecular complexity index is 1650. The van der Waals surface area contributed by atoms with Crippen LogP contribution in [0.3, 0.4) is 0 Å². The van der Waals surface area contributed by atoms with Crippen molar-refractivity contribution in [1.82, 2.24) is 4.98 Å². The van der Waals surface area contributed by atoms with Gasteiger partial charge in [-0.3, -0.25) is 4.98 Å². The van der Waals surface area contributed by atoms with E-state index in [1.807, 2.05) is 40.2 Å². The molecule has 2 aromatic carbocycles. The van der Waals surface area contributed by atoms with Gasteiger partial charge >= 0.3 is 0 Å². The lowest BCUT2D eigenvalue weighted by molar-refractivity contribution is 0.597. The van der Waals surface area contributed by atoms with Crippen LogP contribution >= 0.6 is 34.0 Å². The Morgan fingerprint density at radius 3 is 2.39 bits per heavy atom. The minimum atomic E-state index is 0.0864. The predicted octanol–water partition coefficient (Wildman–Crippen LogP) is 10.0. The molecule has 0 aliphatic heterocycles. The molecule has 0 fully saturated rings. The summed E-state index contributed by atoms with van der Waals surface area (Å²) >= 11 is 5.73. The number of nitrogens with zero attached hydrogens (tertiary/aromatic N) is 1. The van der Waals surface area contributed by atoms with Gasteiger partial charge in [-0.1, -0.05) is 46.8 Å². The summed E-state index contributed by atoms with van der Waals surface area (Å²) in [4.78, 5) is 6.42. The zero-order valence-corrected chi connectivity index (χ0v) is 22.1. The van der Waals surface area contributed by atoms with Crippen LogP contribution in [0.1, 0.15) is 45.1 Å². The summed E-state index contributed by atoms with van der Waals surface area (Å²) in [5.41, 5.74) is 3.83. The van der Waals surface area contributed by atoms with E-state index in [-0.39, 0.29) is 5.41 Å². The fourth-order valence-electron chi connectivity index (χ4n) is 4.79. The summed E-state index contributed by atoms with van der Waals surface area (Å²) in [5.74, 6) is 0.677. The Morgan fingerprint density at radius 2 is 1.61 bits per heavy atom. The fourth-order valence-corrected chi connectivity index (χ4v) is 8.72. The van der Waals surface area contributed by atoms with Crippen LogP contribution in [0.5, 0.6) is 0 Å². The van der Waals surface area contributed by atoms with Crippen LogP contribution in [0.15, 0.2) is 54.0 Å². The topological polar surface area (TPSA) is 12.9 Å². The summed E-state index contributed by atoms with van der Waals surface area (Å²) in [6.07, 6.45) is 3.13. The normalized spacial score (nSPS) is 12.8. The molecule has 0 aliphatic carbocycles. The quantitative estimate of drug-likeness (QED) is 0.243. The molecule has 6 rings (SSSR count). The Labute approximate surface area is 206 Å². The second kappa shape index (κ2) is 7.63. The first-order chi connectivity index (χ1) is 15.8. The van der Waals surface area contributed by atoms with Gasteiger partial charge in [-0.2, -0.15) is 0 Å². The number of thiophene rings is 3. The predicted molar refractivity (Wildman–Crippen MR) is 151 cm³/mol. The number of fused-ring (bicyclic) bond motifs is 6. The lowest BCUT2D eigenvalue weighted by Gasteiger charge is -2.21. The van der Waals surface area contributed by atoms with E-state index < -0.39 is 0 Å². The molecule has 1 nitrogen and oxygen atoms in total. The van der Waals surface area contributed by atoms with Gasteiger partial charge in [-0.05, 0) is 69.8 Å². The molecule has 0 atom stereocenters. The maximum atomic E-state index is 4.93. The van der Waals surface area contributed by atoms with Gasteiger partial charge in [0.2, 0.25) is 0 Å². The highest BCUT2D eigenvalue weighted by atomic mass is 32.1.